The molecule has 0 aromatic heterocycles. The summed E-state index contributed by atoms with van der Waals surface area (Å²) in [6, 6.07) is 7.43. The second kappa shape index (κ2) is 6.30. The minimum atomic E-state index is -0.156. The number of nitrogens with one attached hydrogen (secondary N) is 1. The highest BCUT2D eigenvalue weighted by Crippen LogP contribution is 2.12. The van der Waals surface area contributed by atoms with Crippen LogP contribution in [0.5, 0.6) is 0 Å². The average Bonchev–Trinajstić information content (AvgIpc) is 2.58. The molecule has 0 saturated carbocycles. The predicted molar refractivity (Wildman–Crippen MR) is 72.9 cm³/mol. The maximum Gasteiger partial charge on any atom is 0.123 e. The predicted octanol–water partition coefficient (Wildman–Crippen LogP) is 2.65. The number of halogens is 1. The van der Waals surface area contributed by atoms with Gasteiger partial charge in [-0.05, 0) is 43.1 Å². The van der Waals surface area contributed by atoms with Crippen molar-refractivity contribution < 1.29 is 4.39 Å². The van der Waals surface area contributed by atoms with E-state index >= 15 is 0 Å². The van der Waals surface area contributed by atoms with Gasteiger partial charge in [0.15, 0.2) is 0 Å². The molecule has 100 valence electrons. The van der Waals surface area contributed by atoms with Gasteiger partial charge in [-0.2, -0.15) is 0 Å². The maximum absolute atomic E-state index is 12.9. The first kappa shape index (κ1) is 13.5. The molecule has 1 aliphatic heterocycles. The number of hydrogen-bond acceptors (Lipinski definition) is 2. The van der Waals surface area contributed by atoms with Crippen LogP contribution in [0, 0.1) is 11.7 Å². The number of benzene rings is 1. The van der Waals surface area contributed by atoms with Crippen LogP contribution in [0.15, 0.2) is 24.3 Å². The lowest BCUT2D eigenvalue weighted by Gasteiger charge is -2.26. The van der Waals surface area contributed by atoms with Crippen molar-refractivity contribution in [1.82, 2.24) is 10.2 Å². The molecule has 1 heterocycles. The lowest BCUT2D eigenvalue weighted by molar-refractivity contribution is 0.238. The summed E-state index contributed by atoms with van der Waals surface area (Å²) >= 11 is 0. The summed E-state index contributed by atoms with van der Waals surface area (Å²) in [5.41, 5.74) is 1.20. The fourth-order valence-electron chi connectivity index (χ4n) is 2.46. The van der Waals surface area contributed by atoms with E-state index in [9.17, 15) is 4.39 Å². The molecule has 1 atom stereocenters. The van der Waals surface area contributed by atoms with Gasteiger partial charge in [0.2, 0.25) is 0 Å². The molecular formula is C15H23FN2. The summed E-state index contributed by atoms with van der Waals surface area (Å²) in [4.78, 5) is 2.47. The van der Waals surface area contributed by atoms with Crippen molar-refractivity contribution in [2.45, 2.75) is 32.9 Å². The zero-order valence-corrected chi connectivity index (χ0v) is 11.3. The SMILES string of the molecule is CC(C)C1CN(Cc2ccc(F)cc2)CCCN1. The second-order valence-electron chi connectivity index (χ2n) is 5.52. The topological polar surface area (TPSA) is 15.3 Å². The summed E-state index contributed by atoms with van der Waals surface area (Å²) in [6.07, 6.45) is 1.18. The summed E-state index contributed by atoms with van der Waals surface area (Å²) in [6.45, 7) is 8.74. The van der Waals surface area contributed by atoms with E-state index in [0.717, 1.165) is 26.2 Å². The van der Waals surface area contributed by atoms with E-state index < -0.39 is 0 Å². The van der Waals surface area contributed by atoms with E-state index in [0.29, 0.717) is 12.0 Å². The van der Waals surface area contributed by atoms with Gasteiger partial charge in [-0.3, -0.25) is 4.90 Å². The second-order valence-corrected chi connectivity index (χ2v) is 5.52. The van der Waals surface area contributed by atoms with Gasteiger partial charge < -0.3 is 5.32 Å². The van der Waals surface area contributed by atoms with E-state index in [4.69, 9.17) is 0 Å². The van der Waals surface area contributed by atoms with Crippen LogP contribution in [0.25, 0.3) is 0 Å². The Kier molecular flexibility index (Phi) is 4.72. The van der Waals surface area contributed by atoms with Gasteiger partial charge in [-0.15, -0.1) is 0 Å². The van der Waals surface area contributed by atoms with Gasteiger partial charge >= 0.3 is 0 Å². The van der Waals surface area contributed by atoms with Crippen molar-refractivity contribution in [2.24, 2.45) is 5.92 Å². The van der Waals surface area contributed by atoms with Gasteiger partial charge in [-0.1, -0.05) is 26.0 Å². The molecule has 0 aliphatic carbocycles. The quantitative estimate of drug-likeness (QED) is 0.887. The zero-order valence-electron chi connectivity index (χ0n) is 11.3. The molecule has 18 heavy (non-hydrogen) atoms. The minimum absolute atomic E-state index is 0.156. The highest BCUT2D eigenvalue weighted by molar-refractivity contribution is 5.16. The molecule has 1 N–H and O–H groups in total. The number of nitrogens with zero attached hydrogens (tertiary/aromatic N) is 1. The average molecular weight is 250 g/mol. The van der Waals surface area contributed by atoms with Crippen molar-refractivity contribution in [3.63, 3.8) is 0 Å². The van der Waals surface area contributed by atoms with Crippen LogP contribution >= 0.6 is 0 Å². The largest absolute Gasteiger partial charge is 0.312 e. The lowest BCUT2D eigenvalue weighted by Crippen LogP contribution is -2.40. The van der Waals surface area contributed by atoms with Gasteiger partial charge in [0.05, 0.1) is 0 Å². The molecule has 2 rings (SSSR count). The van der Waals surface area contributed by atoms with Gasteiger partial charge in [-0.25, -0.2) is 4.39 Å². The summed E-state index contributed by atoms with van der Waals surface area (Å²) < 4.78 is 12.9. The maximum atomic E-state index is 12.9. The Hall–Kier alpha value is -0.930. The zero-order chi connectivity index (χ0) is 13.0. The van der Waals surface area contributed by atoms with Crippen molar-refractivity contribution in [1.29, 1.82) is 0 Å². The molecule has 1 fully saturated rings. The molecule has 1 unspecified atom stereocenters. The Balaban J connectivity index is 1.96. The van der Waals surface area contributed by atoms with E-state index in [2.05, 4.69) is 24.1 Å². The third kappa shape index (κ3) is 3.79. The van der Waals surface area contributed by atoms with Crippen molar-refractivity contribution in [3.8, 4) is 0 Å². The fraction of sp³-hybridized carbons (Fsp3) is 0.600. The van der Waals surface area contributed by atoms with Gasteiger partial charge in [0.1, 0.15) is 5.82 Å². The van der Waals surface area contributed by atoms with Crippen molar-refractivity contribution in [3.05, 3.63) is 35.6 Å². The van der Waals surface area contributed by atoms with E-state index in [1.165, 1.54) is 12.0 Å². The molecule has 2 nitrogen and oxygen atoms in total. The number of rotatable bonds is 3. The molecule has 0 spiro atoms. The highest BCUT2D eigenvalue weighted by atomic mass is 19.1. The third-order valence-corrected chi connectivity index (χ3v) is 3.64. The van der Waals surface area contributed by atoms with Crippen LogP contribution in [-0.2, 0) is 6.54 Å². The fourth-order valence-corrected chi connectivity index (χ4v) is 2.46. The smallest absolute Gasteiger partial charge is 0.123 e. The molecule has 1 aliphatic rings. The van der Waals surface area contributed by atoms with Crippen LogP contribution in [0.3, 0.4) is 0 Å². The molecule has 0 bridgehead atoms. The monoisotopic (exact) mass is 250 g/mol. The van der Waals surface area contributed by atoms with Crippen molar-refractivity contribution in [2.75, 3.05) is 19.6 Å². The standard InChI is InChI=1S/C15H23FN2/c1-12(2)15-11-18(9-3-8-17-15)10-13-4-6-14(16)7-5-13/h4-7,12,15,17H,3,8-11H2,1-2H3. The molecule has 3 heteroatoms. The lowest BCUT2D eigenvalue weighted by atomic mass is 10.0. The van der Waals surface area contributed by atoms with Crippen LogP contribution < -0.4 is 5.32 Å². The van der Waals surface area contributed by atoms with Crippen LogP contribution in [0.4, 0.5) is 4.39 Å². The van der Waals surface area contributed by atoms with Crippen LogP contribution in [-0.4, -0.2) is 30.6 Å². The highest BCUT2D eigenvalue weighted by Gasteiger charge is 2.20. The van der Waals surface area contributed by atoms with Gasteiger partial charge in [0, 0.05) is 19.1 Å². The van der Waals surface area contributed by atoms with Crippen LogP contribution in [0.2, 0.25) is 0 Å². The molecular weight excluding hydrogens is 227 g/mol. The summed E-state index contributed by atoms with van der Waals surface area (Å²) in [5.74, 6) is 0.496. The first-order valence-corrected chi connectivity index (χ1v) is 6.85. The van der Waals surface area contributed by atoms with Crippen LogP contribution in [0.1, 0.15) is 25.8 Å². The Morgan fingerprint density at radius 3 is 2.72 bits per heavy atom. The third-order valence-electron chi connectivity index (χ3n) is 3.64. The summed E-state index contributed by atoms with van der Waals surface area (Å²) in [5, 5.41) is 3.60. The molecule has 1 saturated heterocycles. The number of hydrogen-bond donors (Lipinski definition) is 1. The van der Waals surface area contributed by atoms with E-state index in [1.54, 1.807) is 12.1 Å². The molecule has 1 aromatic carbocycles. The summed E-state index contributed by atoms with van der Waals surface area (Å²) in [7, 11) is 0. The van der Waals surface area contributed by atoms with Gasteiger partial charge in [0.25, 0.3) is 0 Å². The molecule has 1 aromatic rings. The Bertz CT molecular complexity index is 361. The first-order valence-electron chi connectivity index (χ1n) is 6.85. The normalized spacial score (nSPS) is 22.1. The van der Waals surface area contributed by atoms with E-state index in [1.807, 2.05) is 12.1 Å². The minimum Gasteiger partial charge on any atom is -0.312 e. The van der Waals surface area contributed by atoms with Crippen molar-refractivity contribution >= 4 is 0 Å². The Morgan fingerprint density at radius 2 is 2.06 bits per heavy atom. The Labute approximate surface area is 109 Å². The van der Waals surface area contributed by atoms with E-state index in [-0.39, 0.29) is 5.82 Å². The molecule has 0 amide bonds. The molecule has 0 radical (unpaired) electrons. The Morgan fingerprint density at radius 1 is 1.33 bits per heavy atom. The first-order chi connectivity index (χ1) is 8.65.